The summed E-state index contributed by atoms with van der Waals surface area (Å²) >= 11 is 3.36. The number of pyridine rings is 1. The number of amidine groups is 1. The first-order valence-electron chi connectivity index (χ1n) is 5.96. The van der Waals surface area contributed by atoms with Gasteiger partial charge in [0.1, 0.15) is 5.69 Å². The molecule has 0 spiro atoms. The van der Waals surface area contributed by atoms with Crippen LogP contribution >= 0.6 is 15.9 Å². The molecule has 17 heavy (non-hydrogen) atoms. The summed E-state index contributed by atoms with van der Waals surface area (Å²) in [4.78, 5) is 8.95. The average molecular weight is 297 g/mol. The molecule has 1 fully saturated rings. The van der Waals surface area contributed by atoms with E-state index in [-0.39, 0.29) is 0 Å². The Morgan fingerprint density at radius 3 is 2.71 bits per heavy atom. The molecule has 0 amide bonds. The second-order valence-electron chi connectivity index (χ2n) is 4.28. The quantitative estimate of drug-likeness (QED) is 0.381. The predicted molar refractivity (Wildman–Crippen MR) is 72.7 cm³/mol. The molecule has 92 valence electrons. The fourth-order valence-electron chi connectivity index (χ4n) is 2.09. The molecule has 2 rings (SSSR count). The molecule has 0 atom stereocenters. The van der Waals surface area contributed by atoms with E-state index in [1.54, 1.807) is 6.20 Å². The summed E-state index contributed by atoms with van der Waals surface area (Å²) in [5.41, 5.74) is 3.45. The highest BCUT2D eigenvalue weighted by molar-refractivity contribution is 9.10. The largest absolute Gasteiger partial charge is 0.307 e. The Kier molecular flexibility index (Phi) is 4.50. The van der Waals surface area contributed by atoms with Crippen LogP contribution in [0, 0.1) is 0 Å². The number of aliphatic imine (C=N–C) groups is 1. The topological polar surface area (TPSA) is 63.3 Å². The Morgan fingerprint density at radius 2 is 2.12 bits per heavy atom. The maximum absolute atomic E-state index is 5.53. The summed E-state index contributed by atoms with van der Waals surface area (Å²) in [7, 11) is 0. The van der Waals surface area contributed by atoms with Gasteiger partial charge in [0, 0.05) is 10.7 Å². The Hall–Kier alpha value is -0.940. The van der Waals surface area contributed by atoms with Crippen molar-refractivity contribution in [3.63, 3.8) is 0 Å². The number of hydrazine groups is 1. The first-order valence-corrected chi connectivity index (χ1v) is 6.75. The zero-order valence-corrected chi connectivity index (χ0v) is 11.3. The number of rotatable bonds is 2. The van der Waals surface area contributed by atoms with Gasteiger partial charge in [0.15, 0.2) is 5.84 Å². The minimum Gasteiger partial charge on any atom is -0.307 e. The van der Waals surface area contributed by atoms with Crippen molar-refractivity contribution in [3.8, 4) is 0 Å². The van der Waals surface area contributed by atoms with Crippen LogP contribution in [0.4, 0.5) is 0 Å². The van der Waals surface area contributed by atoms with Crippen LogP contribution in [0.15, 0.2) is 27.8 Å². The van der Waals surface area contributed by atoms with Crippen molar-refractivity contribution in [3.05, 3.63) is 28.5 Å². The molecule has 1 aliphatic carbocycles. The van der Waals surface area contributed by atoms with Crippen LogP contribution in [0.3, 0.4) is 0 Å². The number of nitrogens with two attached hydrogens (primary N) is 1. The van der Waals surface area contributed by atoms with Crippen LogP contribution in [0.1, 0.15) is 37.8 Å². The van der Waals surface area contributed by atoms with Crippen molar-refractivity contribution >= 4 is 21.8 Å². The van der Waals surface area contributed by atoms with Gasteiger partial charge in [0.25, 0.3) is 0 Å². The van der Waals surface area contributed by atoms with E-state index in [4.69, 9.17) is 5.84 Å². The summed E-state index contributed by atoms with van der Waals surface area (Å²) in [6, 6.07) is 4.24. The van der Waals surface area contributed by atoms with Gasteiger partial charge in [-0.2, -0.15) is 0 Å². The molecular weight excluding hydrogens is 280 g/mol. The van der Waals surface area contributed by atoms with E-state index in [0.717, 1.165) is 23.0 Å². The lowest BCUT2D eigenvalue weighted by Gasteiger charge is -2.18. The number of hydrogen-bond acceptors (Lipinski definition) is 3. The standard InChI is InChI=1S/C12H17BrN4/c13-9-6-7-11(15-8-9)12(17-14)16-10-4-2-1-3-5-10/h6-8,10H,1-5,14H2,(H,16,17). The van der Waals surface area contributed by atoms with Crippen LogP contribution in [-0.2, 0) is 0 Å². The van der Waals surface area contributed by atoms with Gasteiger partial charge in [-0.3, -0.25) is 9.98 Å². The molecule has 0 aromatic carbocycles. The molecule has 4 nitrogen and oxygen atoms in total. The summed E-state index contributed by atoms with van der Waals surface area (Å²) in [6.45, 7) is 0. The van der Waals surface area contributed by atoms with Crippen LogP contribution < -0.4 is 11.3 Å². The minimum absolute atomic E-state index is 0.389. The van der Waals surface area contributed by atoms with Crippen molar-refractivity contribution in [2.75, 3.05) is 0 Å². The summed E-state index contributed by atoms with van der Waals surface area (Å²) < 4.78 is 0.954. The van der Waals surface area contributed by atoms with Crippen molar-refractivity contribution in [2.45, 2.75) is 38.1 Å². The zero-order valence-electron chi connectivity index (χ0n) is 9.69. The van der Waals surface area contributed by atoms with Gasteiger partial charge in [0.2, 0.25) is 0 Å². The lowest BCUT2D eigenvalue weighted by atomic mass is 9.96. The molecule has 1 saturated carbocycles. The summed E-state index contributed by atoms with van der Waals surface area (Å²) in [5, 5.41) is 0. The Morgan fingerprint density at radius 1 is 1.35 bits per heavy atom. The molecule has 1 aromatic heterocycles. The third kappa shape index (κ3) is 3.51. The van der Waals surface area contributed by atoms with Gasteiger partial charge in [-0.05, 0) is 40.9 Å². The fraction of sp³-hybridized carbons (Fsp3) is 0.500. The van der Waals surface area contributed by atoms with Gasteiger partial charge >= 0.3 is 0 Å². The van der Waals surface area contributed by atoms with E-state index in [9.17, 15) is 0 Å². The Balaban J connectivity index is 2.14. The highest BCUT2D eigenvalue weighted by Gasteiger charge is 2.14. The number of hydrogen-bond donors (Lipinski definition) is 2. The highest BCUT2D eigenvalue weighted by Crippen LogP contribution is 2.20. The first-order chi connectivity index (χ1) is 8.29. The molecule has 0 saturated heterocycles. The number of nitrogens with zero attached hydrogens (tertiary/aromatic N) is 2. The fourth-order valence-corrected chi connectivity index (χ4v) is 2.32. The monoisotopic (exact) mass is 296 g/mol. The summed E-state index contributed by atoms with van der Waals surface area (Å²) in [5.74, 6) is 6.21. The highest BCUT2D eigenvalue weighted by atomic mass is 79.9. The van der Waals surface area contributed by atoms with Crippen LogP contribution in [0.25, 0.3) is 0 Å². The maximum atomic E-state index is 5.53. The van der Waals surface area contributed by atoms with E-state index in [2.05, 4.69) is 31.3 Å². The SMILES string of the molecule is NNC(=NC1CCCCC1)c1ccc(Br)cn1. The van der Waals surface area contributed by atoms with Crippen LogP contribution in [0.2, 0.25) is 0 Å². The van der Waals surface area contributed by atoms with Crippen LogP contribution in [-0.4, -0.2) is 16.9 Å². The Bertz CT molecular complexity index is 382. The van der Waals surface area contributed by atoms with Crippen molar-refractivity contribution in [2.24, 2.45) is 10.8 Å². The van der Waals surface area contributed by atoms with E-state index in [1.807, 2.05) is 12.1 Å². The predicted octanol–water partition coefficient (Wildman–Crippen LogP) is 2.39. The molecule has 1 aromatic rings. The third-order valence-electron chi connectivity index (χ3n) is 2.99. The lowest BCUT2D eigenvalue weighted by molar-refractivity contribution is 0.442. The summed E-state index contributed by atoms with van der Waals surface area (Å²) in [6.07, 6.45) is 7.92. The molecule has 1 aliphatic rings. The van der Waals surface area contributed by atoms with Crippen LogP contribution in [0.5, 0.6) is 0 Å². The maximum Gasteiger partial charge on any atom is 0.161 e. The van der Waals surface area contributed by atoms with Gasteiger partial charge in [-0.25, -0.2) is 5.84 Å². The van der Waals surface area contributed by atoms with Crippen molar-refractivity contribution in [1.29, 1.82) is 0 Å². The molecule has 1 heterocycles. The third-order valence-corrected chi connectivity index (χ3v) is 3.46. The smallest absolute Gasteiger partial charge is 0.161 e. The number of aromatic nitrogens is 1. The van der Waals surface area contributed by atoms with Crippen molar-refractivity contribution < 1.29 is 0 Å². The van der Waals surface area contributed by atoms with E-state index in [1.165, 1.54) is 19.3 Å². The number of nitrogens with one attached hydrogen (secondary N) is 1. The molecule has 5 heteroatoms. The normalized spacial score (nSPS) is 18.1. The van der Waals surface area contributed by atoms with E-state index >= 15 is 0 Å². The van der Waals surface area contributed by atoms with E-state index < -0.39 is 0 Å². The first kappa shape index (κ1) is 12.5. The zero-order chi connectivity index (χ0) is 12.1. The second-order valence-corrected chi connectivity index (χ2v) is 5.19. The number of halogens is 1. The molecule has 0 aliphatic heterocycles. The van der Waals surface area contributed by atoms with Gasteiger partial charge < -0.3 is 5.43 Å². The minimum atomic E-state index is 0.389. The van der Waals surface area contributed by atoms with Gasteiger partial charge in [-0.15, -0.1) is 0 Å². The molecule has 0 bridgehead atoms. The molecule has 0 unspecified atom stereocenters. The van der Waals surface area contributed by atoms with Crippen molar-refractivity contribution in [1.82, 2.24) is 10.4 Å². The van der Waals surface area contributed by atoms with Gasteiger partial charge in [-0.1, -0.05) is 19.3 Å². The molecular formula is C12H17BrN4. The van der Waals surface area contributed by atoms with E-state index in [0.29, 0.717) is 11.9 Å². The molecule has 3 N–H and O–H groups in total. The second kappa shape index (κ2) is 6.12. The van der Waals surface area contributed by atoms with Gasteiger partial charge in [0.05, 0.1) is 6.04 Å². The average Bonchev–Trinajstić information content (AvgIpc) is 2.38. The Labute approximate surface area is 110 Å². The molecule has 0 radical (unpaired) electrons. The lowest BCUT2D eigenvalue weighted by Crippen LogP contribution is -2.33.